The van der Waals surface area contributed by atoms with Gasteiger partial charge in [-0.05, 0) is 6.42 Å². The van der Waals surface area contributed by atoms with Crippen molar-refractivity contribution in [3.63, 3.8) is 0 Å². The smallest absolute Gasteiger partial charge is 0.229 e. The summed E-state index contributed by atoms with van der Waals surface area (Å²) >= 11 is 0. The minimum atomic E-state index is 0.0621. The van der Waals surface area contributed by atoms with Gasteiger partial charge in [0, 0.05) is 13.0 Å². The molecule has 0 spiro atoms. The zero-order valence-electron chi connectivity index (χ0n) is 10.8. The molecular formula is C12H17N5O2. The number of anilines is 1. The first-order chi connectivity index (χ1) is 9.36. The summed E-state index contributed by atoms with van der Waals surface area (Å²) in [5, 5.41) is 10.8. The van der Waals surface area contributed by atoms with E-state index in [0.29, 0.717) is 24.1 Å². The summed E-state index contributed by atoms with van der Waals surface area (Å²) in [6.07, 6.45) is 3.65. The molecule has 7 nitrogen and oxygen atoms in total. The van der Waals surface area contributed by atoms with Crippen molar-refractivity contribution in [2.45, 2.75) is 25.9 Å². The number of rotatable bonds is 5. The molecule has 1 aliphatic rings. The van der Waals surface area contributed by atoms with Crippen molar-refractivity contribution in [2.24, 2.45) is 0 Å². The molecule has 0 radical (unpaired) electrons. The Hall–Kier alpha value is -1.89. The number of nitrogens with one attached hydrogen (secondary N) is 2. The number of H-pyrrole nitrogens is 1. The second-order valence-electron chi connectivity index (χ2n) is 4.51. The molecular weight excluding hydrogens is 246 g/mol. The van der Waals surface area contributed by atoms with Crippen LogP contribution in [0.25, 0.3) is 11.0 Å². The number of hydrogen-bond acceptors (Lipinski definition) is 6. The minimum absolute atomic E-state index is 0.0621. The lowest BCUT2D eigenvalue weighted by Crippen LogP contribution is -2.17. The molecule has 3 rings (SSSR count). The SMILES string of the molecule is CCCNc1nc(OC2CCOC2)c2cn[nH]c2n1. The Balaban J connectivity index is 1.88. The molecule has 1 fully saturated rings. The van der Waals surface area contributed by atoms with E-state index in [-0.39, 0.29) is 6.10 Å². The van der Waals surface area contributed by atoms with Crippen LogP contribution in [0.15, 0.2) is 6.20 Å². The minimum Gasteiger partial charge on any atom is -0.471 e. The first-order valence-electron chi connectivity index (χ1n) is 6.56. The van der Waals surface area contributed by atoms with E-state index in [0.717, 1.165) is 31.4 Å². The van der Waals surface area contributed by atoms with Crippen LogP contribution in [0.4, 0.5) is 5.95 Å². The molecule has 19 heavy (non-hydrogen) atoms. The zero-order chi connectivity index (χ0) is 13.1. The van der Waals surface area contributed by atoms with Crippen molar-refractivity contribution in [3.8, 4) is 5.88 Å². The van der Waals surface area contributed by atoms with Gasteiger partial charge < -0.3 is 14.8 Å². The monoisotopic (exact) mass is 263 g/mol. The highest BCUT2D eigenvalue weighted by Gasteiger charge is 2.20. The number of fused-ring (bicyclic) bond motifs is 1. The molecule has 1 aliphatic heterocycles. The molecule has 1 saturated heterocycles. The summed E-state index contributed by atoms with van der Waals surface area (Å²) in [5.74, 6) is 1.13. The standard InChI is InChI=1S/C12H17N5O2/c1-2-4-13-12-15-10-9(6-14-17-10)11(16-12)19-8-3-5-18-7-8/h6,8H,2-5,7H2,1H3,(H2,13,14,15,16,17). The lowest BCUT2D eigenvalue weighted by Gasteiger charge is -2.12. The van der Waals surface area contributed by atoms with E-state index in [2.05, 4.69) is 32.4 Å². The number of hydrogen-bond donors (Lipinski definition) is 2. The maximum atomic E-state index is 5.89. The van der Waals surface area contributed by atoms with Gasteiger partial charge in [-0.25, -0.2) is 0 Å². The number of aromatic nitrogens is 4. The van der Waals surface area contributed by atoms with Gasteiger partial charge in [-0.3, -0.25) is 5.10 Å². The fourth-order valence-corrected chi connectivity index (χ4v) is 1.98. The average Bonchev–Trinajstić information content (AvgIpc) is 3.06. The predicted octanol–water partition coefficient (Wildman–Crippen LogP) is 1.34. The lowest BCUT2D eigenvalue weighted by molar-refractivity contribution is 0.139. The van der Waals surface area contributed by atoms with Crippen LogP contribution in [0, 0.1) is 0 Å². The molecule has 0 saturated carbocycles. The maximum absolute atomic E-state index is 5.89. The van der Waals surface area contributed by atoms with Crippen molar-refractivity contribution >= 4 is 17.0 Å². The fourth-order valence-electron chi connectivity index (χ4n) is 1.98. The largest absolute Gasteiger partial charge is 0.471 e. The number of ether oxygens (including phenoxy) is 2. The van der Waals surface area contributed by atoms with Gasteiger partial charge in [0.1, 0.15) is 11.5 Å². The molecule has 0 amide bonds. The van der Waals surface area contributed by atoms with Gasteiger partial charge >= 0.3 is 0 Å². The van der Waals surface area contributed by atoms with E-state index in [1.807, 2.05) is 0 Å². The van der Waals surface area contributed by atoms with E-state index in [4.69, 9.17) is 9.47 Å². The first kappa shape index (κ1) is 12.2. The highest BCUT2D eigenvalue weighted by atomic mass is 16.5. The Kier molecular flexibility index (Phi) is 3.45. The molecule has 2 N–H and O–H groups in total. The summed E-state index contributed by atoms with van der Waals surface area (Å²) in [5.41, 5.74) is 0.683. The lowest BCUT2D eigenvalue weighted by atomic mass is 10.3. The third-order valence-corrected chi connectivity index (χ3v) is 2.97. The van der Waals surface area contributed by atoms with Crippen molar-refractivity contribution < 1.29 is 9.47 Å². The van der Waals surface area contributed by atoms with Crippen LogP contribution >= 0.6 is 0 Å². The second-order valence-corrected chi connectivity index (χ2v) is 4.51. The van der Waals surface area contributed by atoms with E-state index in [1.165, 1.54) is 0 Å². The molecule has 1 unspecified atom stereocenters. The van der Waals surface area contributed by atoms with Crippen LogP contribution in [0.5, 0.6) is 5.88 Å². The third-order valence-electron chi connectivity index (χ3n) is 2.97. The Morgan fingerprint density at radius 3 is 3.26 bits per heavy atom. The van der Waals surface area contributed by atoms with Gasteiger partial charge in [0.15, 0.2) is 5.65 Å². The van der Waals surface area contributed by atoms with Crippen LogP contribution in [0.2, 0.25) is 0 Å². The van der Waals surface area contributed by atoms with E-state index in [9.17, 15) is 0 Å². The highest BCUT2D eigenvalue weighted by Crippen LogP contribution is 2.24. The van der Waals surface area contributed by atoms with Crippen LogP contribution in [-0.4, -0.2) is 46.0 Å². The van der Waals surface area contributed by atoms with Gasteiger partial charge in [0.25, 0.3) is 0 Å². The van der Waals surface area contributed by atoms with Gasteiger partial charge in [0.05, 0.1) is 19.4 Å². The fraction of sp³-hybridized carbons (Fsp3) is 0.583. The molecule has 2 aromatic heterocycles. The molecule has 102 valence electrons. The predicted molar refractivity (Wildman–Crippen MR) is 70.3 cm³/mol. The second kappa shape index (κ2) is 5.40. The maximum Gasteiger partial charge on any atom is 0.229 e. The first-order valence-corrected chi connectivity index (χ1v) is 6.56. The van der Waals surface area contributed by atoms with E-state index < -0.39 is 0 Å². The van der Waals surface area contributed by atoms with Crippen molar-refractivity contribution in [3.05, 3.63) is 6.20 Å². The number of nitrogens with zero attached hydrogens (tertiary/aromatic N) is 3. The third kappa shape index (κ3) is 2.60. The van der Waals surface area contributed by atoms with E-state index in [1.54, 1.807) is 6.20 Å². The summed E-state index contributed by atoms with van der Waals surface area (Å²) in [6, 6.07) is 0. The van der Waals surface area contributed by atoms with Gasteiger partial charge in [-0.15, -0.1) is 0 Å². The van der Waals surface area contributed by atoms with Crippen molar-refractivity contribution in [1.82, 2.24) is 20.2 Å². The Morgan fingerprint density at radius 1 is 1.53 bits per heavy atom. The molecule has 3 heterocycles. The number of aromatic amines is 1. The molecule has 7 heteroatoms. The van der Waals surface area contributed by atoms with Crippen LogP contribution < -0.4 is 10.1 Å². The molecule has 1 atom stereocenters. The van der Waals surface area contributed by atoms with Crippen LogP contribution in [0.1, 0.15) is 19.8 Å². The Bertz CT molecular complexity index is 550. The van der Waals surface area contributed by atoms with Gasteiger partial charge in [-0.1, -0.05) is 6.92 Å². The molecule has 0 aliphatic carbocycles. The normalized spacial score (nSPS) is 18.9. The van der Waals surface area contributed by atoms with Crippen LogP contribution in [-0.2, 0) is 4.74 Å². The summed E-state index contributed by atoms with van der Waals surface area (Å²) in [7, 11) is 0. The Morgan fingerprint density at radius 2 is 2.47 bits per heavy atom. The molecule has 0 aromatic carbocycles. The average molecular weight is 263 g/mol. The van der Waals surface area contributed by atoms with E-state index >= 15 is 0 Å². The molecule has 0 bridgehead atoms. The van der Waals surface area contributed by atoms with Crippen molar-refractivity contribution in [2.75, 3.05) is 25.1 Å². The van der Waals surface area contributed by atoms with Gasteiger partial charge in [0.2, 0.25) is 11.8 Å². The summed E-state index contributed by atoms with van der Waals surface area (Å²) in [4.78, 5) is 8.77. The molecule has 2 aromatic rings. The highest BCUT2D eigenvalue weighted by molar-refractivity contribution is 5.80. The van der Waals surface area contributed by atoms with Crippen molar-refractivity contribution in [1.29, 1.82) is 0 Å². The Labute approximate surface area is 110 Å². The zero-order valence-corrected chi connectivity index (χ0v) is 10.8. The topological polar surface area (TPSA) is 85.0 Å². The summed E-state index contributed by atoms with van der Waals surface area (Å²) in [6.45, 7) is 4.27. The van der Waals surface area contributed by atoms with Crippen LogP contribution in [0.3, 0.4) is 0 Å². The quantitative estimate of drug-likeness (QED) is 0.846. The summed E-state index contributed by atoms with van der Waals surface area (Å²) < 4.78 is 11.2. The van der Waals surface area contributed by atoms with Gasteiger partial charge in [-0.2, -0.15) is 15.1 Å².